The van der Waals surface area contributed by atoms with Crippen molar-refractivity contribution in [2.75, 3.05) is 5.01 Å². The lowest BCUT2D eigenvalue weighted by atomic mass is 10.2. The molecule has 17 heavy (non-hydrogen) atoms. The summed E-state index contributed by atoms with van der Waals surface area (Å²) in [5.41, 5.74) is 0.660. The van der Waals surface area contributed by atoms with Gasteiger partial charge in [0.2, 0.25) is 5.91 Å². The second-order valence-corrected chi connectivity index (χ2v) is 3.59. The maximum atomic E-state index is 11.6. The molecule has 88 valence electrons. The van der Waals surface area contributed by atoms with E-state index in [0.29, 0.717) is 5.69 Å². The van der Waals surface area contributed by atoms with Gasteiger partial charge in [0, 0.05) is 12.8 Å². The fourth-order valence-electron chi connectivity index (χ4n) is 1.39. The van der Waals surface area contributed by atoms with E-state index in [1.165, 1.54) is 0 Å². The minimum atomic E-state index is -1.12. The van der Waals surface area contributed by atoms with Gasteiger partial charge in [-0.05, 0) is 19.1 Å². The molecule has 0 aliphatic carbocycles. The Morgan fingerprint density at radius 1 is 1.35 bits per heavy atom. The highest BCUT2D eigenvalue weighted by molar-refractivity contribution is 6.37. The molecule has 0 radical (unpaired) electrons. The zero-order chi connectivity index (χ0) is 12.4. The highest BCUT2D eigenvalue weighted by atomic mass is 16.4. The van der Waals surface area contributed by atoms with Crippen LogP contribution in [0, 0.1) is 6.92 Å². The molecule has 1 aromatic rings. The van der Waals surface area contributed by atoms with E-state index in [4.69, 9.17) is 5.11 Å². The number of amides is 1. The van der Waals surface area contributed by atoms with Crippen LogP contribution in [0.2, 0.25) is 0 Å². The van der Waals surface area contributed by atoms with Crippen LogP contribution in [-0.2, 0) is 9.59 Å². The lowest BCUT2D eigenvalue weighted by Gasteiger charge is -2.20. The smallest absolute Gasteiger partial charge is 0.352 e. The molecule has 0 saturated carbocycles. The van der Waals surface area contributed by atoms with Gasteiger partial charge in [0.1, 0.15) is 5.71 Å². The summed E-state index contributed by atoms with van der Waals surface area (Å²) >= 11 is 0. The van der Waals surface area contributed by atoms with Gasteiger partial charge in [0.05, 0.1) is 5.69 Å². The minimum absolute atomic E-state index is 0.0491. The molecule has 0 fully saturated rings. The molecule has 1 N–H and O–H groups in total. The third kappa shape index (κ3) is 2.27. The van der Waals surface area contributed by atoms with Crippen LogP contribution in [0.25, 0.3) is 0 Å². The average molecular weight is 234 g/mol. The van der Waals surface area contributed by atoms with Crippen molar-refractivity contribution in [3.05, 3.63) is 17.8 Å². The number of carbonyl (C=O) groups is 2. The summed E-state index contributed by atoms with van der Waals surface area (Å²) in [5.74, 6) is -1.17. The number of hydrazone groups is 1. The van der Waals surface area contributed by atoms with Crippen molar-refractivity contribution in [3.63, 3.8) is 0 Å². The van der Waals surface area contributed by atoms with Gasteiger partial charge >= 0.3 is 5.97 Å². The van der Waals surface area contributed by atoms with Gasteiger partial charge in [-0.3, -0.25) is 4.79 Å². The van der Waals surface area contributed by atoms with Crippen LogP contribution in [0.3, 0.4) is 0 Å². The van der Waals surface area contributed by atoms with Gasteiger partial charge in [-0.1, -0.05) is 0 Å². The number of rotatable bonds is 2. The molecule has 2 heterocycles. The second-order valence-electron chi connectivity index (χ2n) is 3.59. The molecule has 0 saturated heterocycles. The molecular formula is C10H10N4O3. The van der Waals surface area contributed by atoms with Crippen molar-refractivity contribution in [2.24, 2.45) is 5.10 Å². The van der Waals surface area contributed by atoms with Crippen molar-refractivity contribution >= 4 is 23.4 Å². The summed E-state index contributed by atoms with van der Waals surface area (Å²) in [5, 5.41) is 21.2. The highest BCUT2D eigenvalue weighted by Gasteiger charge is 2.26. The van der Waals surface area contributed by atoms with E-state index in [-0.39, 0.29) is 30.3 Å². The predicted octanol–water partition coefficient (Wildman–Crippen LogP) is 0.352. The number of nitrogens with zero attached hydrogens (tertiary/aromatic N) is 4. The van der Waals surface area contributed by atoms with E-state index in [0.717, 1.165) is 5.01 Å². The first-order chi connectivity index (χ1) is 8.08. The minimum Gasteiger partial charge on any atom is -0.477 e. The summed E-state index contributed by atoms with van der Waals surface area (Å²) in [4.78, 5) is 22.4. The van der Waals surface area contributed by atoms with Crippen molar-refractivity contribution < 1.29 is 14.7 Å². The Morgan fingerprint density at radius 3 is 2.71 bits per heavy atom. The van der Waals surface area contributed by atoms with Crippen LogP contribution in [0.5, 0.6) is 0 Å². The van der Waals surface area contributed by atoms with E-state index in [1.54, 1.807) is 19.1 Å². The maximum Gasteiger partial charge on any atom is 0.352 e. The Kier molecular flexibility index (Phi) is 2.82. The van der Waals surface area contributed by atoms with Crippen LogP contribution in [0.1, 0.15) is 18.5 Å². The van der Waals surface area contributed by atoms with E-state index in [9.17, 15) is 9.59 Å². The first kappa shape index (κ1) is 11.2. The Bertz CT molecular complexity index is 495. The summed E-state index contributed by atoms with van der Waals surface area (Å²) in [6, 6.07) is 3.26. The molecule has 7 nitrogen and oxygen atoms in total. The van der Waals surface area contributed by atoms with Gasteiger partial charge in [0.15, 0.2) is 5.82 Å². The fourth-order valence-corrected chi connectivity index (χ4v) is 1.39. The van der Waals surface area contributed by atoms with Gasteiger partial charge < -0.3 is 5.11 Å². The fraction of sp³-hybridized carbons (Fsp3) is 0.300. The van der Waals surface area contributed by atoms with Crippen LogP contribution >= 0.6 is 0 Å². The first-order valence-corrected chi connectivity index (χ1v) is 5.02. The summed E-state index contributed by atoms with van der Waals surface area (Å²) < 4.78 is 0. The normalized spacial score (nSPS) is 15.7. The molecule has 1 amide bonds. The number of carbonyl (C=O) groups excluding carboxylic acids is 1. The third-order valence-electron chi connectivity index (χ3n) is 2.28. The van der Waals surface area contributed by atoms with E-state index in [2.05, 4.69) is 15.3 Å². The lowest BCUT2D eigenvalue weighted by molar-refractivity contribution is -0.129. The zero-order valence-electron chi connectivity index (χ0n) is 9.12. The molecule has 0 bridgehead atoms. The number of aliphatic carboxylic acids is 1. The van der Waals surface area contributed by atoms with Crippen molar-refractivity contribution in [1.82, 2.24) is 10.2 Å². The largest absolute Gasteiger partial charge is 0.477 e. The molecular weight excluding hydrogens is 224 g/mol. The Balaban J connectivity index is 2.35. The van der Waals surface area contributed by atoms with E-state index >= 15 is 0 Å². The zero-order valence-corrected chi connectivity index (χ0v) is 9.12. The summed E-state index contributed by atoms with van der Waals surface area (Å²) in [7, 11) is 0. The highest BCUT2D eigenvalue weighted by Crippen LogP contribution is 2.17. The van der Waals surface area contributed by atoms with Crippen molar-refractivity contribution in [2.45, 2.75) is 19.8 Å². The Morgan fingerprint density at radius 2 is 2.12 bits per heavy atom. The molecule has 2 rings (SSSR count). The quantitative estimate of drug-likeness (QED) is 0.796. The van der Waals surface area contributed by atoms with Gasteiger partial charge in [-0.15, -0.1) is 5.10 Å². The SMILES string of the molecule is Cc1ccc(N2N=C(C(=O)O)CCC2=O)nn1. The number of carboxylic acid groups (broad SMARTS) is 1. The molecule has 0 aromatic carbocycles. The third-order valence-corrected chi connectivity index (χ3v) is 2.28. The molecule has 1 aromatic heterocycles. The van der Waals surface area contributed by atoms with E-state index in [1.807, 2.05) is 0 Å². The number of carboxylic acids is 1. The maximum absolute atomic E-state index is 11.6. The average Bonchev–Trinajstić information content (AvgIpc) is 2.31. The Labute approximate surface area is 96.8 Å². The molecule has 0 atom stereocenters. The summed E-state index contributed by atoms with van der Waals surface area (Å²) in [6.07, 6.45) is 0.255. The van der Waals surface area contributed by atoms with Crippen LogP contribution in [-0.4, -0.2) is 32.9 Å². The lowest BCUT2D eigenvalue weighted by Crippen LogP contribution is -2.34. The first-order valence-electron chi connectivity index (χ1n) is 5.02. The van der Waals surface area contributed by atoms with Crippen LogP contribution < -0.4 is 5.01 Å². The molecule has 0 unspecified atom stereocenters. The molecule has 1 aliphatic rings. The van der Waals surface area contributed by atoms with Crippen LogP contribution in [0.4, 0.5) is 5.82 Å². The topological polar surface area (TPSA) is 95.8 Å². The second kappa shape index (κ2) is 4.28. The van der Waals surface area contributed by atoms with E-state index < -0.39 is 5.97 Å². The van der Waals surface area contributed by atoms with Crippen molar-refractivity contribution in [1.29, 1.82) is 0 Å². The Hall–Kier alpha value is -2.31. The molecule has 7 heteroatoms. The standard InChI is InChI=1S/C10H10N4O3/c1-6-2-4-8(12-11-6)14-9(15)5-3-7(13-14)10(16)17/h2,4H,3,5H2,1H3,(H,16,17). The number of aromatic nitrogens is 2. The molecule has 1 aliphatic heterocycles. The van der Waals surface area contributed by atoms with Gasteiger partial charge in [-0.25, -0.2) is 4.79 Å². The van der Waals surface area contributed by atoms with Gasteiger partial charge in [0.25, 0.3) is 0 Å². The number of hydrogen-bond acceptors (Lipinski definition) is 5. The van der Waals surface area contributed by atoms with Gasteiger partial charge in [-0.2, -0.15) is 15.2 Å². The molecule has 0 spiro atoms. The summed E-state index contributed by atoms with van der Waals surface area (Å²) in [6.45, 7) is 1.76. The predicted molar refractivity (Wildman–Crippen MR) is 58.6 cm³/mol. The number of hydrogen-bond donors (Lipinski definition) is 1. The number of anilines is 1. The monoisotopic (exact) mass is 234 g/mol. The van der Waals surface area contributed by atoms with Crippen molar-refractivity contribution in [3.8, 4) is 0 Å². The number of aryl methyl sites for hydroxylation is 1. The van der Waals surface area contributed by atoms with Crippen LogP contribution in [0.15, 0.2) is 17.2 Å².